The lowest BCUT2D eigenvalue weighted by atomic mass is 10.1. The summed E-state index contributed by atoms with van der Waals surface area (Å²) in [5, 5.41) is 37.8. The van der Waals surface area contributed by atoms with E-state index in [0.29, 0.717) is 42.5 Å². The van der Waals surface area contributed by atoms with Crippen molar-refractivity contribution in [1.82, 2.24) is 66.5 Å². The van der Waals surface area contributed by atoms with Gasteiger partial charge in [0.1, 0.15) is 17.7 Å². The normalized spacial score (nSPS) is 11.7. The number of aromatic nitrogens is 8. The van der Waals surface area contributed by atoms with E-state index in [4.69, 9.17) is 31.4 Å². The fourth-order valence-electron chi connectivity index (χ4n) is 7.05. The Labute approximate surface area is 472 Å². The maximum absolute atomic E-state index is 12.7. The Morgan fingerprint density at radius 1 is 0.590 bits per heavy atom. The van der Waals surface area contributed by atoms with Gasteiger partial charge in [-0.15, -0.1) is 0 Å². The molecule has 0 unspecified atom stereocenters. The number of carbonyl (C=O) groups excluding carboxylic acids is 5. The molecule has 32 heteroatoms. The average Bonchev–Trinajstić information content (AvgIpc) is 3.44. The second-order valence-corrected chi connectivity index (χ2v) is 18.8. The predicted molar refractivity (Wildman–Crippen MR) is 299 cm³/mol. The smallest absolute Gasteiger partial charge is 0.407 e. The third-order valence-electron chi connectivity index (χ3n) is 11.1. The van der Waals surface area contributed by atoms with Gasteiger partial charge in [0.25, 0.3) is 22.9 Å². The highest BCUT2D eigenvalue weighted by Gasteiger charge is 2.24. The summed E-state index contributed by atoms with van der Waals surface area (Å²) in [6, 6.07) is 10.1. The Morgan fingerprint density at radius 3 is 1.37 bits per heavy atom. The SMILES string of the molecule is CC(C)(C)OC(=O)NCCOCCNC(=O)CC[C@H](NC(=O)c1ccc(NCc2cnc3nc(N)[nH]c(=O)c3n2)cc1)C(=O)O.NCCOCCNC(=O)CC[C@H](NC(=O)c1ccc(NCc2cnc3nc(N)[nH]c(=O)c3n2)cc1)C(=O)O. The average molecular weight is 1160 g/mol. The Hall–Kier alpha value is -9.95. The molecule has 5 amide bonds. The highest BCUT2D eigenvalue weighted by molar-refractivity contribution is 5.98. The van der Waals surface area contributed by atoms with Crippen LogP contribution in [0.1, 0.15) is 78.6 Å². The van der Waals surface area contributed by atoms with Crippen molar-refractivity contribution in [1.29, 1.82) is 0 Å². The molecule has 0 aliphatic heterocycles. The summed E-state index contributed by atoms with van der Waals surface area (Å²) >= 11 is 0. The quantitative estimate of drug-likeness (QED) is 0.0263. The molecule has 83 heavy (non-hydrogen) atoms. The third kappa shape index (κ3) is 22.3. The number of carboxylic acid groups (broad SMARTS) is 2. The van der Waals surface area contributed by atoms with Crippen LogP contribution in [0, 0.1) is 0 Å². The second kappa shape index (κ2) is 31.7. The molecule has 0 radical (unpaired) electrons. The molecule has 4 aromatic heterocycles. The number of nitrogens with zero attached hydrogens (tertiary/aromatic N) is 6. The van der Waals surface area contributed by atoms with E-state index >= 15 is 0 Å². The summed E-state index contributed by atoms with van der Waals surface area (Å²) in [6.07, 6.45) is 1.96. The maximum Gasteiger partial charge on any atom is 0.407 e. The molecular weight excluding hydrogens is 1090 g/mol. The zero-order valence-electron chi connectivity index (χ0n) is 45.5. The first-order valence-electron chi connectivity index (χ1n) is 25.7. The first kappa shape index (κ1) is 63.9. The van der Waals surface area contributed by atoms with Crippen LogP contribution in [0.15, 0.2) is 70.5 Å². The van der Waals surface area contributed by atoms with Crippen LogP contribution < -0.4 is 65.5 Å². The largest absolute Gasteiger partial charge is 0.480 e. The zero-order valence-corrected chi connectivity index (χ0v) is 45.5. The highest BCUT2D eigenvalue weighted by atomic mass is 16.6. The Kier molecular flexibility index (Phi) is 24.4. The molecule has 444 valence electrons. The molecule has 0 spiro atoms. The highest BCUT2D eigenvalue weighted by Crippen LogP contribution is 2.15. The van der Waals surface area contributed by atoms with Crippen molar-refractivity contribution in [3.8, 4) is 0 Å². The molecule has 2 aromatic carbocycles. The first-order valence-corrected chi connectivity index (χ1v) is 25.7. The van der Waals surface area contributed by atoms with Crippen molar-refractivity contribution < 1.29 is 58.0 Å². The van der Waals surface area contributed by atoms with Crippen LogP contribution in [0.4, 0.5) is 28.1 Å². The van der Waals surface area contributed by atoms with Gasteiger partial charge in [0.2, 0.25) is 23.7 Å². The van der Waals surface area contributed by atoms with Crippen molar-refractivity contribution in [2.45, 2.75) is 77.2 Å². The van der Waals surface area contributed by atoms with E-state index in [9.17, 15) is 53.4 Å². The third-order valence-corrected chi connectivity index (χ3v) is 11.1. The number of aliphatic carboxylic acids is 2. The number of fused-ring (bicyclic) bond motifs is 2. The van der Waals surface area contributed by atoms with Gasteiger partial charge in [-0.1, -0.05) is 0 Å². The van der Waals surface area contributed by atoms with Gasteiger partial charge in [-0.2, -0.15) is 9.97 Å². The summed E-state index contributed by atoms with van der Waals surface area (Å²) in [7, 11) is 0. The first-order chi connectivity index (χ1) is 39.6. The van der Waals surface area contributed by atoms with E-state index in [0.717, 1.165) is 0 Å². The molecular formula is C51H66N18O14. The van der Waals surface area contributed by atoms with E-state index in [1.807, 2.05) is 0 Å². The van der Waals surface area contributed by atoms with Crippen molar-refractivity contribution in [2.24, 2.45) is 5.73 Å². The van der Waals surface area contributed by atoms with Gasteiger partial charge in [0.05, 0.1) is 63.3 Å². The minimum Gasteiger partial charge on any atom is -0.480 e. The van der Waals surface area contributed by atoms with Crippen LogP contribution in [0.25, 0.3) is 22.3 Å². The van der Waals surface area contributed by atoms with E-state index in [2.05, 4.69) is 77.1 Å². The fraction of sp³-hybridized carbons (Fsp3) is 0.392. The number of alkyl carbamates (subject to hydrolysis) is 1. The molecule has 0 saturated heterocycles. The van der Waals surface area contributed by atoms with Crippen molar-refractivity contribution in [3.05, 3.63) is 104 Å². The number of nitrogens with two attached hydrogens (primary N) is 3. The minimum absolute atomic E-state index is 0.0489. The van der Waals surface area contributed by atoms with Crippen LogP contribution in [-0.2, 0) is 46.5 Å². The summed E-state index contributed by atoms with van der Waals surface area (Å²) in [5.41, 5.74) is 17.8. The fourth-order valence-corrected chi connectivity index (χ4v) is 7.05. The number of anilines is 4. The predicted octanol–water partition coefficient (Wildman–Crippen LogP) is -0.510. The van der Waals surface area contributed by atoms with Crippen LogP contribution >= 0.6 is 0 Å². The van der Waals surface area contributed by atoms with E-state index in [-0.39, 0.29) is 123 Å². The van der Waals surface area contributed by atoms with Crippen LogP contribution in [0.3, 0.4) is 0 Å². The molecule has 0 saturated carbocycles. The van der Waals surface area contributed by atoms with Crippen molar-refractivity contribution in [2.75, 3.05) is 74.7 Å². The molecule has 0 aliphatic rings. The monoisotopic (exact) mass is 1150 g/mol. The number of carboxylic acids is 2. The van der Waals surface area contributed by atoms with Gasteiger partial charge < -0.3 is 78.8 Å². The summed E-state index contributed by atoms with van der Waals surface area (Å²) in [6.45, 7) is 7.90. The molecule has 0 bridgehead atoms. The second-order valence-electron chi connectivity index (χ2n) is 18.8. The van der Waals surface area contributed by atoms with Crippen LogP contribution in [0.2, 0.25) is 0 Å². The van der Waals surface area contributed by atoms with Gasteiger partial charge in [0.15, 0.2) is 22.3 Å². The van der Waals surface area contributed by atoms with Gasteiger partial charge in [-0.3, -0.25) is 38.7 Å². The standard InChI is InChI=1S/C28H37N9O8.C23H29N9O6/c1-28(2,3)45-27(43)31-11-13-44-12-10-30-20(38)9-8-19(25(41)42)35-23(39)16-4-6-17(7-5-16)32-14-18-15-33-22-21(34-18)24(40)37-26(29)36-22;24-7-9-38-10-8-26-17(33)6-5-16(22(36)37)30-20(34)13-1-3-14(4-2-13)27-11-15-12-28-19-18(29-15)21(35)32-23(25)31-19/h4-7,15,19,32H,8-14H2,1-3H3,(H,30,38)(H,31,43)(H,35,39)(H,41,42)(H3,29,33,36,37,40);1-4,12,16,27H,5-11,24H2,(H,26,33)(H,30,34)(H,36,37)(H3,25,28,31,32,35)/t19-;16-/m00/s1. The Morgan fingerprint density at radius 2 is 0.988 bits per heavy atom. The van der Waals surface area contributed by atoms with Crippen LogP contribution in [0.5, 0.6) is 0 Å². The minimum atomic E-state index is -1.28. The number of H-pyrrole nitrogens is 2. The maximum atomic E-state index is 12.7. The molecule has 6 rings (SSSR count). The number of hydrogen-bond donors (Lipinski definition) is 14. The lowest BCUT2D eigenvalue weighted by molar-refractivity contribution is -0.140. The van der Waals surface area contributed by atoms with E-state index in [1.54, 1.807) is 45.0 Å². The summed E-state index contributed by atoms with van der Waals surface area (Å²) in [4.78, 5) is 137. The van der Waals surface area contributed by atoms with Gasteiger partial charge >= 0.3 is 18.0 Å². The lowest BCUT2D eigenvalue weighted by Gasteiger charge is -2.19. The molecule has 4 heterocycles. The number of nitrogen functional groups attached to an aromatic ring is 2. The summed E-state index contributed by atoms with van der Waals surface area (Å²) < 4.78 is 15.6. The van der Waals surface area contributed by atoms with Crippen LogP contribution in [-0.4, -0.2) is 162 Å². The number of hydrogen-bond acceptors (Lipinski definition) is 23. The molecule has 32 nitrogen and oxygen atoms in total. The van der Waals surface area contributed by atoms with E-state index < -0.39 is 64.6 Å². The molecule has 0 aliphatic carbocycles. The number of rotatable bonds is 29. The molecule has 6 aromatic rings. The zero-order chi connectivity index (χ0) is 60.5. The molecule has 0 fully saturated rings. The Balaban J connectivity index is 0.000000308. The number of nitrogens with one attached hydrogen (secondary N) is 9. The Bertz CT molecular complexity index is 3320. The topological polar surface area (TPSA) is 493 Å². The number of amides is 5. The molecule has 17 N–H and O–H groups in total. The van der Waals surface area contributed by atoms with Gasteiger partial charge in [0, 0.05) is 61.5 Å². The lowest BCUT2D eigenvalue weighted by Crippen LogP contribution is -2.41. The van der Waals surface area contributed by atoms with Crippen molar-refractivity contribution in [3.63, 3.8) is 0 Å². The number of ether oxygens (including phenoxy) is 3. The molecule has 2 atom stereocenters. The van der Waals surface area contributed by atoms with E-state index in [1.165, 1.54) is 36.7 Å². The number of carbonyl (C=O) groups is 7. The number of aromatic amines is 2. The van der Waals surface area contributed by atoms with Gasteiger partial charge in [-0.25, -0.2) is 34.3 Å². The summed E-state index contributed by atoms with van der Waals surface area (Å²) in [5.74, 6) is -4.58. The number of benzene rings is 2. The van der Waals surface area contributed by atoms with Crippen molar-refractivity contribution >= 4 is 87.3 Å². The van der Waals surface area contributed by atoms with Gasteiger partial charge in [-0.05, 0) is 82.1 Å².